The van der Waals surface area contributed by atoms with Gasteiger partial charge in [0.15, 0.2) is 0 Å². The van der Waals surface area contributed by atoms with E-state index in [4.69, 9.17) is 0 Å². The predicted molar refractivity (Wildman–Crippen MR) is 108 cm³/mol. The minimum Gasteiger partial charge on any atom is -0.411 e. The lowest BCUT2D eigenvalue weighted by molar-refractivity contribution is -0.384. The average Bonchev–Trinajstić information content (AvgIpc) is 3.21. The molecule has 0 aliphatic carbocycles. The first-order valence-corrected chi connectivity index (χ1v) is 9.27. The van der Waals surface area contributed by atoms with Gasteiger partial charge >= 0.3 is 0 Å². The fourth-order valence-electron chi connectivity index (χ4n) is 2.75. The van der Waals surface area contributed by atoms with Crippen LogP contribution in [0.25, 0.3) is 0 Å². The van der Waals surface area contributed by atoms with Crippen molar-refractivity contribution in [2.24, 2.45) is 5.16 Å². The van der Waals surface area contributed by atoms with Gasteiger partial charge in [-0.25, -0.2) is 0 Å². The van der Waals surface area contributed by atoms with Gasteiger partial charge in [0.05, 0.1) is 16.7 Å². The normalized spacial score (nSPS) is 12.6. The number of nitro groups is 1. The van der Waals surface area contributed by atoms with E-state index in [2.05, 4.69) is 10.5 Å². The van der Waals surface area contributed by atoms with Crippen molar-refractivity contribution in [3.63, 3.8) is 0 Å². The number of hydrogen-bond acceptors (Lipinski definition) is 6. The third-order valence-corrected chi connectivity index (χ3v) is 5.19. The Balaban J connectivity index is 1.83. The van der Waals surface area contributed by atoms with Crippen LogP contribution in [-0.2, 0) is 0 Å². The van der Waals surface area contributed by atoms with Crippen LogP contribution >= 0.6 is 11.3 Å². The highest BCUT2D eigenvalue weighted by Crippen LogP contribution is 2.29. The van der Waals surface area contributed by atoms with Crippen molar-refractivity contribution in [1.82, 2.24) is 0 Å². The van der Waals surface area contributed by atoms with Gasteiger partial charge in [0.1, 0.15) is 0 Å². The maximum atomic E-state index is 10.8. The molecule has 0 radical (unpaired) electrons. The van der Waals surface area contributed by atoms with E-state index in [1.807, 2.05) is 48.7 Å². The quantitative estimate of drug-likeness (QED) is 0.249. The van der Waals surface area contributed by atoms with Gasteiger partial charge in [0.25, 0.3) is 5.69 Å². The SMILES string of the molecule is Cc1ccc(C(CC(Nc2ccc([N+](=O)[O-])cc2)c2cccs2)=NO)cc1. The molecule has 2 aromatic carbocycles. The Morgan fingerprint density at radius 2 is 1.89 bits per heavy atom. The van der Waals surface area contributed by atoms with E-state index in [1.54, 1.807) is 23.5 Å². The molecule has 0 amide bonds. The van der Waals surface area contributed by atoms with Crippen LogP contribution in [0.3, 0.4) is 0 Å². The van der Waals surface area contributed by atoms with Crippen molar-refractivity contribution in [1.29, 1.82) is 0 Å². The highest BCUT2D eigenvalue weighted by molar-refractivity contribution is 7.10. The average molecular weight is 381 g/mol. The Morgan fingerprint density at radius 3 is 2.44 bits per heavy atom. The van der Waals surface area contributed by atoms with Crippen molar-refractivity contribution < 1.29 is 10.1 Å². The molecule has 1 unspecified atom stereocenters. The molecule has 0 saturated carbocycles. The van der Waals surface area contributed by atoms with E-state index in [1.165, 1.54) is 12.1 Å². The number of nitrogens with one attached hydrogen (secondary N) is 1. The fraction of sp³-hybridized carbons (Fsp3) is 0.150. The third-order valence-electron chi connectivity index (χ3n) is 4.21. The van der Waals surface area contributed by atoms with Crippen LogP contribution in [0.2, 0.25) is 0 Å². The maximum absolute atomic E-state index is 10.8. The zero-order valence-corrected chi connectivity index (χ0v) is 15.5. The van der Waals surface area contributed by atoms with Crippen molar-refractivity contribution in [2.45, 2.75) is 19.4 Å². The smallest absolute Gasteiger partial charge is 0.269 e. The molecule has 1 heterocycles. The van der Waals surface area contributed by atoms with Crippen molar-refractivity contribution in [2.75, 3.05) is 5.32 Å². The molecule has 3 rings (SSSR count). The van der Waals surface area contributed by atoms with E-state index >= 15 is 0 Å². The molecular formula is C20H19N3O3S. The molecule has 0 saturated heterocycles. The Hall–Kier alpha value is -3.19. The lowest BCUT2D eigenvalue weighted by Crippen LogP contribution is -2.15. The summed E-state index contributed by atoms with van der Waals surface area (Å²) in [6.07, 6.45) is 0.469. The number of oxime groups is 1. The van der Waals surface area contributed by atoms with Gasteiger partial charge in [0.2, 0.25) is 0 Å². The highest BCUT2D eigenvalue weighted by atomic mass is 32.1. The number of non-ortho nitro benzene ring substituents is 1. The zero-order valence-electron chi connectivity index (χ0n) is 14.7. The molecule has 2 N–H and O–H groups in total. The number of thiophene rings is 1. The fourth-order valence-corrected chi connectivity index (χ4v) is 3.53. The summed E-state index contributed by atoms with van der Waals surface area (Å²) in [6.45, 7) is 2.00. The molecule has 3 aromatic rings. The predicted octanol–water partition coefficient (Wildman–Crippen LogP) is 5.39. The number of nitro benzene ring substituents is 1. The zero-order chi connectivity index (χ0) is 19.2. The molecule has 7 heteroatoms. The van der Waals surface area contributed by atoms with Gasteiger partial charge in [-0.3, -0.25) is 10.1 Å². The molecule has 0 fully saturated rings. The van der Waals surface area contributed by atoms with Crippen LogP contribution < -0.4 is 5.32 Å². The second-order valence-corrected chi connectivity index (χ2v) is 7.11. The van der Waals surface area contributed by atoms with Gasteiger partial charge < -0.3 is 10.5 Å². The first-order chi connectivity index (χ1) is 13.1. The summed E-state index contributed by atoms with van der Waals surface area (Å²) < 4.78 is 0. The topological polar surface area (TPSA) is 87.8 Å². The summed E-state index contributed by atoms with van der Waals surface area (Å²) in [6, 6.07) is 18.0. The van der Waals surface area contributed by atoms with Crippen molar-refractivity contribution >= 4 is 28.4 Å². The molecule has 27 heavy (non-hydrogen) atoms. The largest absolute Gasteiger partial charge is 0.411 e. The molecular weight excluding hydrogens is 362 g/mol. The standard InChI is InChI=1S/C20H19N3O3S/c1-14-4-6-15(7-5-14)18(22-24)13-19(20-3-2-12-27-20)21-16-8-10-17(11-9-16)23(25)26/h2-12,19,21,24H,13H2,1H3. The van der Waals surface area contributed by atoms with E-state index in [9.17, 15) is 15.3 Å². The number of anilines is 1. The van der Waals surface area contributed by atoms with Gasteiger partial charge in [-0.05, 0) is 36.1 Å². The number of nitrogens with zero attached hydrogens (tertiary/aromatic N) is 2. The molecule has 0 aliphatic heterocycles. The van der Waals surface area contributed by atoms with Gasteiger partial charge in [-0.1, -0.05) is 41.1 Å². The Labute approximate surface area is 160 Å². The molecule has 0 bridgehead atoms. The number of hydrogen-bond donors (Lipinski definition) is 2. The second-order valence-electron chi connectivity index (χ2n) is 6.13. The summed E-state index contributed by atoms with van der Waals surface area (Å²) in [7, 11) is 0. The molecule has 1 aromatic heterocycles. The summed E-state index contributed by atoms with van der Waals surface area (Å²) in [5.74, 6) is 0. The number of benzene rings is 2. The summed E-state index contributed by atoms with van der Waals surface area (Å²) >= 11 is 1.60. The molecule has 0 aliphatic rings. The minimum absolute atomic E-state index is 0.0467. The number of rotatable bonds is 7. The van der Waals surface area contributed by atoms with Crippen LogP contribution in [0.4, 0.5) is 11.4 Å². The maximum Gasteiger partial charge on any atom is 0.269 e. The third kappa shape index (κ3) is 4.71. The van der Waals surface area contributed by atoms with Gasteiger partial charge in [0, 0.05) is 29.1 Å². The van der Waals surface area contributed by atoms with Gasteiger partial charge in [-0.15, -0.1) is 11.3 Å². The highest BCUT2D eigenvalue weighted by Gasteiger charge is 2.18. The van der Waals surface area contributed by atoms with Crippen LogP contribution in [-0.4, -0.2) is 15.8 Å². The van der Waals surface area contributed by atoms with Gasteiger partial charge in [-0.2, -0.15) is 0 Å². The van der Waals surface area contributed by atoms with Crippen LogP contribution in [0.5, 0.6) is 0 Å². The van der Waals surface area contributed by atoms with E-state index in [0.29, 0.717) is 12.1 Å². The minimum atomic E-state index is -0.422. The Kier molecular flexibility index (Phi) is 5.83. The first kappa shape index (κ1) is 18.6. The van der Waals surface area contributed by atoms with Crippen LogP contribution in [0.1, 0.15) is 28.5 Å². The molecule has 0 spiro atoms. The summed E-state index contributed by atoms with van der Waals surface area (Å²) in [4.78, 5) is 11.5. The molecule has 138 valence electrons. The van der Waals surface area contributed by atoms with Crippen LogP contribution in [0, 0.1) is 17.0 Å². The molecule has 6 nitrogen and oxygen atoms in total. The second kappa shape index (κ2) is 8.46. The van der Waals surface area contributed by atoms with Crippen molar-refractivity contribution in [3.05, 3.63) is 92.2 Å². The van der Waals surface area contributed by atoms with E-state index in [-0.39, 0.29) is 11.7 Å². The van der Waals surface area contributed by atoms with E-state index in [0.717, 1.165) is 21.7 Å². The Bertz CT molecular complexity index is 920. The van der Waals surface area contributed by atoms with Crippen LogP contribution in [0.15, 0.2) is 71.2 Å². The first-order valence-electron chi connectivity index (χ1n) is 8.39. The monoisotopic (exact) mass is 381 g/mol. The summed E-state index contributed by atoms with van der Waals surface area (Å²) in [5.41, 5.74) is 3.37. The lowest BCUT2D eigenvalue weighted by Gasteiger charge is -2.19. The van der Waals surface area contributed by atoms with Crippen molar-refractivity contribution in [3.8, 4) is 0 Å². The summed E-state index contributed by atoms with van der Waals surface area (Å²) in [5, 5.41) is 29.3. The lowest BCUT2D eigenvalue weighted by atomic mass is 10.0. The Morgan fingerprint density at radius 1 is 1.19 bits per heavy atom. The molecule has 1 atom stereocenters. The van der Waals surface area contributed by atoms with E-state index < -0.39 is 4.92 Å². The number of aryl methyl sites for hydroxylation is 1.